The molecule has 0 fully saturated rings. The lowest BCUT2D eigenvalue weighted by Gasteiger charge is -2.14. The largest absolute Gasteiger partial charge is 0.496 e. The van der Waals surface area contributed by atoms with Crippen molar-refractivity contribution in [1.29, 1.82) is 0 Å². The van der Waals surface area contributed by atoms with E-state index >= 15 is 0 Å². The average molecular weight is 466 g/mol. The highest BCUT2D eigenvalue weighted by Crippen LogP contribution is 2.29. The van der Waals surface area contributed by atoms with E-state index in [1.807, 2.05) is 18.4 Å². The molecule has 0 bridgehead atoms. The standard InChI is InChI=1S/C23H23N5O4S/c1-15-16(2)21(10-9-20(15)31-4)33(29,30)27-18-5-7-19(8-6-18)32-23-13-22(25-14-26-23)28-12-11-24-17(28)3/h5-14,27H,1-4H3. The summed E-state index contributed by atoms with van der Waals surface area (Å²) in [6.45, 7) is 5.45. The lowest BCUT2D eigenvalue weighted by Crippen LogP contribution is -2.15. The minimum Gasteiger partial charge on any atom is -0.496 e. The molecule has 0 atom stereocenters. The highest BCUT2D eigenvalue weighted by Gasteiger charge is 2.19. The first-order valence-corrected chi connectivity index (χ1v) is 11.5. The van der Waals surface area contributed by atoms with Crippen LogP contribution < -0.4 is 14.2 Å². The highest BCUT2D eigenvalue weighted by molar-refractivity contribution is 7.92. The summed E-state index contributed by atoms with van der Waals surface area (Å²) < 4.78 is 41.3. The van der Waals surface area contributed by atoms with E-state index in [1.54, 1.807) is 62.8 Å². The van der Waals surface area contributed by atoms with Gasteiger partial charge in [-0.15, -0.1) is 0 Å². The zero-order chi connectivity index (χ0) is 23.6. The zero-order valence-electron chi connectivity index (χ0n) is 18.6. The Labute approximate surface area is 192 Å². The molecular formula is C23H23N5O4S. The fourth-order valence-corrected chi connectivity index (χ4v) is 4.70. The molecule has 9 nitrogen and oxygen atoms in total. The summed E-state index contributed by atoms with van der Waals surface area (Å²) in [6, 6.07) is 11.5. The minimum absolute atomic E-state index is 0.199. The van der Waals surface area contributed by atoms with Gasteiger partial charge in [0.1, 0.15) is 29.5 Å². The monoisotopic (exact) mass is 465 g/mol. The van der Waals surface area contributed by atoms with Crippen LogP contribution in [-0.4, -0.2) is 35.0 Å². The van der Waals surface area contributed by atoms with E-state index in [4.69, 9.17) is 9.47 Å². The number of aromatic nitrogens is 4. The first-order chi connectivity index (χ1) is 15.8. The summed E-state index contributed by atoms with van der Waals surface area (Å²) in [4.78, 5) is 12.8. The third kappa shape index (κ3) is 4.65. The molecule has 170 valence electrons. The molecule has 2 aromatic carbocycles. The van der Waals surface area contributed by atoms with E-state index in [9.17, 15) is 8.42 Å². The molecule has 0 saturated heterocycles. The number of rotatable bonds is 7. The van der Waals surface area contributed by atoms with Gasteiger partial charge in [0.05, 0.1) is 12.0 Å². The summed E-state index contributed by atoms with van der Waals surface area (Å²) in [5.74, 6) is 2.92. The molecule has 0 unspecified atom stereocenters. The van der Waals surface area contributed by atoms with Crippen LogP contribution in [0, 0.1) is 20.8 Å². The van der Waals surface area contributed by atoms with Crippen LogP contribution in [0.2, 0.25) is 0 Å². The Morgan fingerprint density at radius 1 is 0.939 bits per heavy atom. The SMILES string of the molecule is COc1ccc(S(=O)(=O)Nc2ccc(Oc3cc(-n4ccnc4C)ncn3)cc2)c(C)c1C. The van der Waals surface area contributed by atoms with Gasteiger partial charge < -0.3 is 9.47 Å². The second-order valence-electron chi connectivity index (χ2n) is 7.31. The molecule has 0 saturated carbocycles. The van der Waals surface area contributed by atoms with E-state index in [-0.39, 0.29) is 4.90 Å². The summed E-state index contributed by atoms with van der Waals surface area (Å²) in [5.41, 5.74) is 1.82. The number of sulfonamides is 1. The quantitative estimate of drug-likeness (QED) is 0.436. The number of nitrogens with one attached hydrogen (secondary N) is 1. The number of benzene rings is 2. The molecule has 0 amide bonds. The van der Waals surface area contributed by atoms with Crippen LogP contribution in [0.15, 0.2) is 66.1 Å². The summed E-state index contributed by atoms with van der Waals surface area (Å²) in [7, 11) is -2.22. The predicted molar refractivity (Wildman–Crippen MR) is 124 cm³/mol. The molecule has 0 aliphatic rings. The average Bonchev–Trinajstić information content (AvgIpc) is 3.22. The van der Waals surface area contributed by atoms with E-state index in [2.05, 4.69) is 19.7 Å². The minimum atomic E-state index is -3.77. The van der Waals surface area contributed by atoms with Crippen molar-refractivity contribution in [2.75, 3.05) is 11.8 Å². The van der Waals surface area contributed by atoms with Crippen molar-refractivity contribution >= 4 is 15.7 Å². The molecule has 0 radical (unpaired) electrons. The summed E-state index contributed by atoms with van der Waals surface area (Å²) >= 11 is 0. The number of hydrogen-bond acceptors (Lipinski definition) is 7. The van der Waals surface area contributed by atoms with E-state index < -0.39 is 10.0 Å². The normalized spacial score (nSPS) is 11.3. The van der Waals surface area contributed by atoms with Crippen molar-refractivity contribution in [1.82, 2.24) is 19.5 Å². The van der Waals surface area contributed by atoms with Crippen molar-refractivity contribution in [2.24, 2.45) is 0 Å². The van der Waals surface area contributed by atoms with Crippen molar-refractivity contribution in [2.45, 2.75) is 25.7 Å². The Kier molecular flexibility index (Phi) is 6.01. The maximum atomic E-state index is 12.9. The molecular weight excluding hydrogens is 442 g/mol. The number of hydrogen-bond donors (Lipinski definition) is 1. The second kappa shape index (κ2) is 8.91. The topological polar surface area (TPSA) is 108 Å². The Morgan fingerprint density at radius 2 is 1.70 bits per heavy atom. The van der Waals surface area contributed by atoms with Crippen LogP contribution in [0.5, 0.6) is 17.4 Å². The Balaban J connectivity index is 1.50. The predicted octanol–water partition coefficient (Wildman–Crippen LogP) is 4.19. The van der Waals surface area contributed by atoms with Gasteiger partial charge in [-0.3, -0.25) is 9.29 Å². The van der Waals surface area contributed by atoms with Crippen LogP contribution in [0.1, 0.15) is 17.0 Å². The maximum absolute atomic E-state index is 12.9. The molecule has 0 aliphatic heterocycles. The van der Waals surface area contributed by atoms with E-state index in [0.717, 1.165) is 11.4 Å². The number of methoxy groups -OCH3 is 1. The number of aryl methyl sites for hydroxylation is 1. The van der Waals surface area contributed by atoms with Crippen LogP contribution >= 0.6 is 0 Å². The van der Waals surface area contributed by atoms with Gasteiger partial charge in [-0.1, -0.05) is 0 Å². The fraction of sp³-hybridized carbons (Fsp3) is 0.174. The van der Waals surface area contributed by atoms with Crippen molar-refractivity contribution in [3.05, 3.63) is 78.1 Å². The lowest BCUT2D eigenvalue weighted by molar-refractivity contribution is 0.410. The van der Waals surface area contributed by atoms with Gasteiger partial charge in [0, 0.05) is 24.1 Å². The molecule has 2 heterocycles. The number of ether oxygens (including phenoxy) is 2. The van der Waals surface area contributed by atoms with Crippen LogP contribution in [0.3, 0.4) is 0 Å². The molecule has 1 N–H and O–H groups in total. The molecule has 2 aromatic heterocycles. The van der Waals surface area contributed by atoms with Crippen molar-refractivity contribution in [3.8, 4) is 23.2 Å². The van der Waals surface area contributed by atoms with Gasteiger partial charge in [0.15, 0.2) is 0 Å². The zero-order valence-corrected chi connectivity index (χ0v) is 19.4. The molecule has 4 rings (SSSR count). The van der Waals surface area contributed by atoms with Gasteiger partial charge >= 0.3 is 0 Å². The smallest absolute Gasteiger partial charge is 0.262 e. The first-order valence-electron chi connectivity index (χ1n) is 10.1. The number of anilines is 1. The number of nitrogens with zero attached hydrogens (tertiary/aromatic N) is 4. The molecule has 33 heavy (non-hydrogen) atoms. The third-order valence-corrected chi connectivity index (χ3v) is 6.75. The molecule has 0 aliphatic carbocycles. The first kappa shape index (κ1) is 22.3. The summed E-state index contributed by atoms with van der Waals surface area (Å²) in [5, 5.41) is 0. The Hall–Kier alpha value is -3.92. The fourth-order valence-electron chi connectivity index (χ4n) is 3.34. The third-order valence-electron chi connectivity index (χ3n) is 5.23. The van der Waals surface area contributed by atoms with Crippen molar-refractivity contribution in [3.63, 3.8) is 0 Å². The van der Waals surface area contributed by atoms with Gasteiger partial charge in [0.2, 0.25) is 5.88 Å². The van der Waals surface area contributed by atoms with E-state index in [1.165, 1.54) is 12.4 Å². The van der Waals surface area contributed by atoms with Crippen LogP contribution in [-0.2, 0) is 10.0 Å². The van der Waals surface area contributed by atoms with Crippen LogP contribution in [0.4, 0.5) is 5.69 Å². The summed E-state index contributed by atoms with van der Waals surface area (Å²) in [6.07, 6.45) is 4.90. The highest BCUT2D eigenvalue weighted by atomic mass is 32.2. The number of imidazole rings is 1. The molecule has 4 aromatic rings. The second-order valence-corrected chi connectivity index (χ2v) is 8.96. The van der Waals surface area contributed by atoms with Gasteiger partial charge in [-0.05, 0) is 68.3 Å². The molecule has 10 heteroatoms. The van der Waals surface area contributed by atoms with E-state index in [0.29, 0.717) is 34.4 Å². The Morgan fingerprint density at radius 3 is 2.36 bits per heavy atom. The van der Waals surface area contributed by atoms with Gasteiger partial charge in [-0.25, -0.2) is 23.4 Å². The Bertz CT molecular complexity index is 1400. The van der Waals surface area contributed by atoms with Gasteiger partial charge in [-0.2, -0.15) is 0 Å². The van der Waals surface area contributed by atoms with Crippen molar-refractivity contribution < 1.29 is 17.9 Å². The lowest BCUT2D eigenvalue weighted by atomic mass is 10.1. The van der Waals surface area contributed by atoms with Crippen LogP contribution in [0.25, 0.3) is 5.82 Å². The maximum Gasteiger partial charge on any atom is 0.262 e. The van der Waals surface area contributed by atoms with Gasteiger partial charge in [0.25, 0.3) is 10.0 Å². The molecule has 0 spiro atoms.